The lowest BCUT2D eigenvalue weighted by molar-refractivity contribution is 0.0526. The second-order valence-electron chi connectivity index (χ2n) is 8.85. The minimum atomic E-state index is -0.567. The molecule has 177 valence electrons. The molecular weight excluding hydrogens is 448 g/mol. The normalized spacial score (nSPS) is 12.0. The maximum atomic E-state index is 12.8. The molecule has 1 atom stereocenters. The van der Waals surface area contributed by atoms with Crippen molar-refractivity contribution in [1.29, 1.82) is 0 Å². The van der Waals surface area contributed by atoms with Crippen molar-refractivity contribution in [2.75, 3.05) is 6.54 Å². The van der Waals surface area contributed by atoms with Gasteiger partial charge in [0.15, 0.2) is 0 Å². The van der Waals surface area contributed by atoms with Gasteiger partial charge in [0.25, 0.3) is 5.91 Å². The van der Waals surface area contributed by atoms with Crippen LogP contribution >= 0.6 is 12.2 Å². The number of carbonyl (C=O) groups excluding carboxylic acids is 2. The Kier molecular flexibility index (Phi) is 8.54. The van der Waals surface area contributed by atoms with Gasteiger partial charge in [-0.25, -0.2) is 4.79 Å². The van der Waals surface area contributed by atoms with E-state index in [1.54, 1.807) is 24.4 Å². The first kappa shape index (κ1) is 25.1. The number of pyridine rings is 1. The minimum Gasteiger partial charge on any atom is -0.444 e. The maximum Gasteiger partial charge on any atom is 0.407 e. The third-order valence-electron chi connectivity index (χ3n) is 4.98. The number of hydrogen-bond acceptors (Lipinski definition) is 5. The Bertz CT molecular complexity index is 1140. The quantitative estimate of drug-likeness (QED) is 0.346. The first-order valence-electron chi connectivity index (χ1n) is 11.1. The Hall–Kier alpha value is -3.52. The van der Waals surface area contributed by atoms with Gasteiger partial charge in [0, 0.05) is 24.0 Å². The number of fused-ring (bicyclic) bond motifs is 1. The molecule has 3 aromatic rings. The van der Waals surface area contributed by atoms with Crippen LogP contribution in [-0.4, -0.2) is 34.1 Å². The topological polar surface area (TPSA) is 92.4 Å². The number of hydrazine groups is 1. The molecule has 2 aromatic carbocycles. The van der Waals surface area contributed by atoms with E-state index >= 15 is 0 Å². The van der Waals surface area contributed by atoms with Crippen molar-refractivity contribution in [1.82, 2.24) is 21.2 Å². The number of nitrogens with one attached hydrogen (secondary N) is 3. The molecule has 7 nitrogen and oxygen atoms in total. The smallest absolute Gasteiger partial charge is 0.407 e. The van der Waals surface area contributed by atoms with Crippen molar-refractivity contribution in [3.8, 4) is 0 Å². The highest BCUT2D eigenvalue weighted by atomic mass is 32.1. The molecule has 0 spiro atoms. The van der Waals surface area contributed by atoms with Gasteiger partial charge < -0.3 is 10.1 Å². The SMILES string of the molecule is CC(C)(C)OC(=O)NCCC(Cc1ccccc1)C(=S)NNC(=O)c1nccc2c[c]ccc12. The average molecular weight is 478 g/mol. The summed E-state index contributed by atoms with van der Waals surface area (Å²) in [7, 11) is 0. The van der Waals surface area contributed by atoms with E-state index < -0.39 is 11.7 Å². The summed E-state index contributed by atoms with van der Waals surface area (Å²) in [5, 5.41) is 4.38. The number of benzene rings is 2. The number of carbonyl (C=O) groups is 2. The largest absolute Gasteiger partial charge is 0.444 e. The second kappa shape index (κ2) is 11.6. The van der Waals surface area contributed by atoms with E-state index in [9.17, 15) is 9.59 Å². The van der Waals surface area contributed by atoms with Gasteiger partial charge in [-0.2, -0.15) is 0 Å². The van der Waals surface area contributed by atoms with Gasteiger partial charge >= 0.3 is 6.09 Å². The van der Waals surface area contributed by atoms with E-state index in [-0.39, 0.29) is 11.8 Å². The maximum absolute atomic E-state index is 12.8. The average Bonchev–Trinajstić information content (AvgIpc) is 2.81. The van der Waals surface area contributed by atoms with Crippen LogP contribution in [0.3, 0.4) is 0 Å². The fraction of sp³-hybridized carbons (Fsp3) is 0.308. The van der Waals surface area contributed by atoms with Crippen LogP contribution in [0.4, 0.5) is 4.79 Å². The molecule has 0 fully saturated rings. The summed E-state index contributed by atoms with van der Waals surface area (Å²) in [4.78, 5) is 29.5. The van der Waals surface area contributed by atoms with Crippen molar-refractivity contribution in [2.24, 2.45) is 5.92 Å². The molecule has 0 bridgehead atoms. The number of amides is 2. The van der Waals surface area contributed by atoms with Crippen molar-refractivity contribution >= 4 is 40.0 Å². The Morgan fingerprint density at radius 2 is 1.88 bits per heavy atom. The molecular formula is C26H29N4O3S. The summed E-state index contributed by atoms with van der Waals surface area (Å²) in [6, 6.07) is 20.1. The van der Waals surface area contributed by atoms with E-state index in [2.05, 4.69) is 27.2 Å². The van der Waals surface area contributed by atoms with Crippen LogP contribution in [0.5, 0.6) is 0 Å². The van der Waals surface area contributed by atoms with Gasteiger partial charge in [-0.1, -0.05) is 54.7 Å². The zero-order valence-corrected chi connectivity index (χ0v) is 20.4. The van der Waals surface area contributed by atoms with Crippen molar-refractivity contribution < 1.29 is 14.3 Å². The van der Waals surface area contributed by atoms with Crippen LogP contribution in [0.15, 0.2) is 60.8 Å². The van der Waals surface area contributed by atoms with E-state index in [4.69, 9.17) is 17.0 Å². The second-order valence-corrected chi connectivity index (χ2v) is 9.29. The molecule has 1 unspecified atom stereocenters. The number of nitrogens with zero attached hydrogens (tertiary/aromatic N) is 1. The van der Waals surface area contributed by atoms with Crippen LogP contribution in [-0.2, 0) is 11.2 Å². The predicted octanol–water partition coefficient (Wildman–Crippen LogP) is 4.37. The monoisotopic (exact) mass is 477 g/mol. The van der Waals surface area contributed by atoms with Crippen LogP contribution in [0, 0.1) is 12.0 Å². The summed E-state index contributed by atoms with van der Waals surface area (Å²) in [6.07, 6.45) is 2.33. The first-order valence-corrected chi connectivity index (χ1v) is 11.5. The number of aromatic nitrogens is 1. The minimum absolute atomic E-state index is 0.122. The van der Waals surface area contributed by atoms with Crippen molar-refractivity contribution in [3.05, 3.63) is 78.1 Å². The van der Waals surface area contributed by atoms with Gasteiger partial charge in [0.05, 0.1) is 4.99 Å². The van der Waals surface area contributed by atoms with Gasteiger partial charge in [0.2, 0.25) is 0 Å². The molecule has 0 aliphatic rings. The van der Waals surface area contributed by atoms with Crippen LogP contribution in [0.25, 0.3) is 10.8 Å². The van der Waals surface area contributed by atoms with Crippen LogP contribution < -0.4 is 16.2 Å². The van der Waals surface area contributed by atoms with Crippen molar-refractivity contribution in [3.63, 3.8) is 0 Å². The van der Waals surface area contributed by atoms with Gasteiger partial charge in [0.1, 0.15) is 11.3 Å². The van der Waals surface area contributed by atoms with Gasteiger partial charge in [-0.15, -0.1) is 0 Å². The molecule has 3 N–H and O–H groups in total. The summed E-state index contributed by atoms with van der Waals surface area (Å²) >= 11 is 5.61. The van der Waals surface area contributed by atoms with E-state index in [0.717, 1.165) is 16.3 Å². The lowest BCUT2D eigenvalue weighted by Crippen LogP contribution is -2.45. The summed E-state index contributed by atoms with van der Waals surface area (Å²) in [6.45, 7) is 5.82. The number of hydrogen-bond donors (Lipinski definition) is 3. The molecule has 8 heteroatoms. The van der Waals surface area contributed by atoms with E-state index in [0.29, 0.717) is 30.1 Å². The molecule has 0 aliphatic heterocycles. The molecule has 0 saturated carbocycles. The Labute approximate surface area is 205 Å². The Morgan fingerprint density at radius 3 is 2.62 bits per heavy atom. The highest BCUT2D eigenvalue weighted by molar-refractivity contribution is 7.80. The fourth-order valence-corrected chi connectivity index (χ4v) is 3.66. The summed E-state index contributed by atoms with van der Waals surface area (Å²) < 4.78 is 5.30. The standard InChI is InChI=1S/C26H29N4O3S/c1-26(2,3)33-25(32)28-16-14-20(17-18-9-5-4-6-10-18)24(34)30-29-23(31)22-21-12-8-7-11-19(21)13-15-27-22/h4-6,8-13,15,20H,14,16-17H2,1-3H3,(H,28,32)(H,29,31)(H,30,34). The van der Waals surface area contributed by atoms with Gasteiger partial charge in [-0.05, 0) is 62.8 Å². The van der Waals surface area contributed by atoms with Crippen molar-refractivity contribution in [2.45, 2.75) is 39.2 Å². The number of ether oxygens (including phenoxy) is 1. The molecule has 0 aliphatic carbocycles. The van der Waals surface area contributed by atoms with Crippen LogP contribution in [0.2, 0.25) is 0 Å². The molecule has 1 aromatic heterocycles. The zero-order chi connectivity index (χ0) is 24.6. The fourth-order valence-electron chi connectivity index (χ4n) is 3.41. The molecule has 1 radical (unpaired) electrons. The highest BCUT2D eigenvalue weighted by Gasteiger charge is 2.20. The van der Waals surface area contributed by atoms with E-state index in [1.807, 2.05) is 57.2 Å². The number of rotatable bonds is 7. The number of alkyl carbamates (subject to hydrolysis) is 1. The molecule has 2 amide bonds. The highest BCUT2D eigenvalue weighted by Crippen LogP contribution is 2.16. The third kappa shape index (κ3) is 7.52. The Balaban J connectivity index is 1.63. The summed E-state index contributed by atoms with van der Waals surface area (Å²) in [5.74, 6) is -0.507. The zero-order valence-electron chi connectivity index (χ0n) is 19.6. The van der Waals surface area contributed by atoms with Gasteiger partial charge in [-0.3, -0.25) is 20.6 Å². The molecule has 3 rings (SSSR count). The van der Waals surface area contributed by atoms with E-state index in [1.165, 1.54) is 0 Å². The summed E-state index contributed by atoms with van der Waals surface area (Å²) in [5.41, 5.74) is 6.39. The lowest BCUT2D eigenvalue weighted by Gasteiger charge is -2.22. The molecule has 0 saturated heterocycles. The molecule has 34 heavy (non-hydrogen) atoms. The lowest BCUT2D eigenvalue weighted by atomic mass is 9.96. The first-order chi connectivity index (χ1) is 16.2. The number of thiocarbonyl (C=S) groups is 1. The van der Waals surface area contributed by atoms with Crippen LogP contribution in [0.1, 0.15) is 43.2 Å². The molecule has 1 heterocycles. The predicted molar refractivity (Wildman–Crippen MR) is 136 cm³/mol. The third-order valence-corrected chi connectivity index (χ3v) is 5.42. The Morgan fingerprint density at radius 1 is 1.12 bits per heavy atom.